The second-order valence-electron chi connectivity index (χ2n) is 6.48. The Kier molecular flexibility index (Phi) is 8.63. The lowest BCUT2D eigenvalue weighted by Gasteiger charge is -2.40. The highest BCUT2D eigenvalue weighted by molar-refractivity contribution is 9.09. The van der Waals surface area contributed by atoms with Crippen molar-refractivity contribution in [2.45, 2.75) is 52.4 Å². The maximum Gasteiger partial charge on any atom is 0.173 e. The molecule has 2 aromatic rings. The van der Waals surface area contributed by atoms with Gasteiger partial charge in [-0.05, 0) is 47.2 Å². The lowest BCUT2D eigenvalue weighted by molar-refractivity contribution is 0.101. The van der Waals surface area contributed by atoms with Crippen molar-refractivity contribution in [1.29, 1.82) is 0 Å². The van der Waals surface area contributed by atoms with Crippen molar-refractivity contribution >= 4 is 43.4 Å². The molecule has 0 saturated heterocycles. The average Bonchev–Trinajstić information content (AvgIpc) is 2.80. The van der Waals surface area contributed by atoms with Crippen LogP contribution < -0.4 is 0 Å². The zero-order valence-corrected chi connectivity index (χ0v) is 20.2. The monoisotopic (exact) mass is 506 g/mol. The highest BCUT2D eigenvalue weighted by atomic mass is 79.9. The van der Waals surface area contributed by atoms with Crippen LogP contribution in [0.4, 0.5) is 0 Å². The molecule has 2 bridgehead atoms. The van der Waals surface area contributed by atoms with Gasteiger partial charge in [0.2, 0.25) is 0 Å². The lowest BCUT2D eigenvalue weighted by Crippen LogP contribution is -2.25. The minimum absolute atomic E-state index is 0.123. The van der Waals surface area contributed by atoms with Gasteiger partial charge in [-0.25, -0.2) is 0 Å². The van der Waals surface area contributed by atoms with Crippen LogP contribution in [0.3, 0.4) is 0 Å². The van der Waals surface area contributed by atoms with Crippen molar-refractivity contribution in [2.75, 3.05) is 10.7 Å². The predicted molar refractivity (Wildman–Crippen MR) is 125 cm³/mol. The second kappa shape index (κ2) is 10.5. The van der Waals surface area contributed by atoms with Crippen molar-refractivity contribution in [1.82, 2.24) is 0 Å². The molecule has 4 heteroatoms. The first kappa shape index (κ1) is 23.0. The van der Waals surface area contributed by atoms with E-state index in [1.54, 1.807) is 0 Å². The van der Waals surface area contributed by atoms with Gasteiger partial charge in [0, 0.05) is 23.0 Å². The van der Waals surface area contributed by atoms with Gasteiger partial charge in [-0.3, -0.25) is 9.59 Å². The molecule has 0 radical (unpaired) electrons. The molecule has 0 amide bonds. The van der Waals surface area contributed by atoms with Gasteiger partial charge in [-0.1, -0.05) is 83.8 Å². The fourth-order valence-electron chi connectivity index (χ4n) is 4.18. The molecule has 2 aromatic carbocycles. The number of halogens is 2. The van der Waals surface area contributed by atoms with Gasteiger partial charge in [0.1, 0.15) is 0 Å². The second-order valence-corrected chi connectivity index (χ2v) is 7.60. The summed E-state index contributed by atoms with van der Waals surface area (Å²) in [6.07, 6.45) is 2.23. The molecule has 2 unspecified atom stereocenters. The van der Waals surface area contributed by atoms with Crippen LogP contribution >= 0.6 is 31.9 Å². The first-order valence-electron chi connectivity index (χ1n) is 10.1. The number of hydrogen-bond donors (Lipinski definition) is 0. The van der Waals surface area contributed by atoms with Crippen LogP contribution in [-0.4, -0.2) is 22.2 Å². The lowest BCUT2D eigenvalue weighted by atomic mass is 9.63. The topological polar surface area (TPSA) is 34.1 Å². The molecular formula is C24H28Br2O2. The standard InChI is InChI=1S/C20H16Br2O2.2C2H6/c21-9-19(23)11-1-3-13-15-5-6-16(17(13)7-11)14-4-2-12(8-18(14)15)20(24)10-22;2*1-2/h1-4,7-8,15-16H,5-6,9-10H2;2*1-2H3. The SMILES string of the molecule is CC.CC.O=C(CBr)c1ccc2c(c1)C1CCC2c2cc(C(=O)CBr)ccc21. The van der Waals surface area contributed by atoms with E-state index < -0.39 is 0 Å². The summed E-state index contributed by atoms with van der Waals surface area (Å²) in [5.41, 5.74) is 6.81. The molecule has 0 aliphatic heterocycles. The third kappa shape index (κ3) is 4.18. The Morgan fingerprint density at radius 1 is 0.714 bits per heavy atom. The van der Waals surface area contributed by atoms with Gasteiger partial charge in [-0.15, -0.1) is 0 Å². The van der Waals surface area contributed by atoms with Crippen molar-refractivity contribution < 1.29 is 9.59 Å². The molecule has 2 nitrogen and oxygen atoms in total. The van der Waals surface area contributed by atoms with Crippen LogP contribution in [0.25, 0.3) is 0 Å². The number of fused-ring (bicyclic) bond motifs is 1. The minimum atomic E-state index is 0.123. The molecular weight excluding hydrogens is 480 g/mol. The molecule has 0 aromatic heterocycles. The maximum atomic E-state index is 12.0. The molecule has 0 heterocycles. The van der Waals surface area contributed by atoms with Crippen molar-refractivity contribution in [3.8, 4) is 0 Å². The summed E-state index contributed by atoms with van der Waals surface area (Å²) < 4.78 is 0. The van der Waals surface area contributed by atoms with Crippen LogP contribution in [0, 0.1) is 0 Å². The molecule has 2 atom stereocenters. The maximum absolute atomic E-state index is 12.0. The largest absolute Gasteiger partial charge is 0.293 e. The molecule has 3 aliphatic rings. The zero-order valence-electron chi connectivity index (χ0n) is 17.0. The zero-order chi connectivity index (χ0) is 20.8. The smallest absolute Gasteiger partial charge is 0.173 e. The summed E-state index contributed by atoms with van der Waals surface area (Å²) in [6, 6.07) is 12.3. The third-order valence-corrected chi connectivity index (χ3v) is 6.32. The first-order chi connectivity index (χ1) is 13.6. The number of carbonyl (C=O) groups excluding carboxylic acids is 2. The normalized spacial score (nSPS) is 17.9. The van der Waals surface area contributed by atoms with Crippen molar-refractivity contribution in [2.24, 2.45) is 0 Å². The number of alkyl halides is 2. The molecule has 28 heavy (non-hydrogen) atoms. The fraction of sp³-hybridized carbons (Fsp3) is 0.417. The number of carbonyl (C=O) groups is 2. The number of benzene rings is 2. The Labute approximate surface area is 185 Å². The van der Waals surface area contributed by atoms with Crippen LogP contribution in [0.1, 0.15) is 95.3 Å². The first-order valence-corrected chi connectivity index (χ1v) is 12.3. The van der Waals surface area contributed by atoms with Crippen LogP contribution in [-0.2, 0) is 0 Å². The summed E-state index contributed by atoms with van der Waals surface area (Å²) in [6.45, 7) is 8.00. The van der Waals surface area contributed by atoms with Gasteiger partial charge in [0.15, 0.2) is 11.6 Å². The van der Waals surface area contributed by atoms with E-state index in [4.69, 9.17) is 0 Å². The summed E-state index contributed by atoms with van der Waals surface area (Å²) in [5.74, 6) is 0.933. The van der Waals surface area contributed by atoms with Crippen LogP contribution in [0.15, 0.2) is 36.4 Å². The van der Waals surface area contributed by atoms with E-state index in [0.717, 1.165) is 24.0 Å². The molecule has 150 valence electrons. The van der Waals surface area contributed by atoms with Crippen molar-refractivity contribution in [3.63, 3.8) is 0 Å². The summed E-state index contributed by atoms with van der Waals surface area (Å²) in [4.78, 5) is 24.0. The van der Waals surface area contributed by atoms with E-state index >= 15 is 0 Å². The summed E-state index contributed by atoms with van der Waals surface area (Å²) in [5, 5.41) is 0.711. The molecule has 3 aliphatic carbocycles. The van der Waals surface area contributed by atoms with Crippen LogP contribution in [0.2, 0.25) is 0 Å². The average molecular weight is 508 g/mol. The van der Waals surface area contributed by atoms with Crippen LogP contribution in [0.5, 0.6) is 0 Å². The van der Waals surface area contributed by atoms with E-state index in [0.29, 0.717) is 22.5 Å². The quantitative estimate of drug-likeness (QED) is 0.322. The highest BCUT2D eigenvalue weighted by Crippen LogP contribution is 2.53. The van der Waals surface area contributed by atoms with Gasteiger partial charge in [0.25, 0.3) is 0 Å². The molecule has 5 rings (SSSR count). The Morgan fingerprint density at radius 3 is 1.39 bits per heavy atom. The number of hydrogen-bond acceptors (Lipinski definition) is 2. The minimum Gasteiger partial charge on any atom is -0.293 e. The highest BCUT2D eigenvalue weighted by Gasteiger charge is 2.37. The number of ketones is 2. The number of Topliss-reactive ketones (excluding diaryl/α,β-unsaturated/α-hetero) is 2. The Hall–Kier alpha value is -1.26. The predicted octanol–water partition coefficient (Wildman–Crippen LogP) is 7.27. The summed E-state index contributed by atoms with van der Waals surface area (Å²) in [7, 11) is 0. The molecule has 0 saturated carbocycles. The van der Waals surface area contributed by atoms with Gasteiger partial charge >= 0.3 is 0 Å². The fourth-order valence-corrected chi connectivity index (χ4v) is 4.83. The van der Waals surface area contributed by atoms with E-state index in [9.17, 15) is 9.59 Å². The molecule has 0 N–H and O–H groups in total. The van der Waals surface area contributed by atoms with E-state index in [2.05, 4.69) is 56.1 Å². The molecule has 0 fully saturated rings. The van der Waals surface area contributed by atoms with Gasteiger partial charge in [-0.2, -0.15) is 0 Å². The summed E-state index contributed by atoms with van der Waals surface area (Å²) >= 11 is 6.51. The Morgan fingerprint density at radius 2 is 1.07 bits per heavy atom. The Balaban J connectivity index is 0.000000660. The number of rotatable bonds is 4. The molecule has 0 spiro atoms. The Bertz CT molecular complexity index is 786. The van der Waals surface area contributed by atoms with Gasteiger partial charge in [0.05, 0.1) is 10.7 Å². The van der Waals surface area contributed by atoms with Crippen molar-refractivity contribution in [3.05, 3.63) is 69.8 Å². The van der Waals surface area contributed by atoms with E-state index in [-0.39, 0.29) is 11.6 Å². The van der Waals surface area contributed by atoms with E-state index in [1.165, 1.54) is 22.3 Å². The van der Waals surface area contributed by atoms with Gasteiger partial charge < -0.3 is 0 Å². The van der Waals surface area contributed by atoms with E-state index in [1.807, 2.05) is 39.8 Å². The third-order valence-electron chi connectivity index (χ3n) is 5.31.